The van der Waals surface area contributed by atoms with Gasteiger partial charge in [-0.05, 0) is 55.5 Å². The molecule has 7 heteroatoms. The molecule has 47 heavy (non-hydrogen) atoms. The number of rotatable bonds is 2. The summed E-state index contributed by atoms with van der Waals surface area (Å²) in [6.07, 6.45) is 3.94. The molecule has 0 unspecified atom stereocenters. The van der Waals surface area contributed by atoms with Crippen LogP contribution in [-0.2, 0) is 25.5 Å². The van der Waals surface area contributed by atoms with E-state index < -0.39 is 0 Å². The van der Waals surface area contributed by atoms with Crippen molar-refractivity contribution in [1.82, 2.24) is 9.46 Å². The van der Waals surface area contributed by atoms with Gasteiger partial charge < -0.3 is 19.1 Å². The molecule has 0 spiro atoms. The van der Waals surface area contributed by atoms with Crippen molar-refractivity contribution in [2.24, 2.45) is 0 Å². The van der Waals surface area contributed by atoms with Crippen molar-refractivity contribution in [3.63, 3.8) is 0 Å². The van der Waals surface area contributed by atoms with E-state index in [1.807, 2.05) is 24.4 Å². The molecule has 0 fully saturated rings. The maximum absolute atomic E-state index is 4.57. The van der Waals surface area contributed by atoms with Crippen LogP contribution in [0.1, 0.15) is 36.1 Å². The molecule has 3 aliphatic rings. The third kappa shape index (κ3) is 4.83. The second-order valence-electron chi connectivity index (χ2n) is 12.8. The smallest absolute Gasteiger partial charge is 0.493 e. The summed E-state index contributed by atoms with van der Waals surface area (Å²) < 4.78 is 2.24. The number of anilines is 5. The van der Waals surface area contributed by atoms with Gasteiger partial charge in [0.05, 0.1) is 0 Å². The second kappa shape index (κ2) is 11.9. The van der Waals surface area contributed by atoms with Gasteiger partial charge in [-0.2, -0.15) is 24.3 Å². The van der Waals surface area contributed by atoms with Gasteiger partial charge in [-0.25, -0.2) is 0 Å². The van der Waals surface area contributed by atoms with Gasteiger partial charge in [-0.1, -0.05) is 84.8 Å². The summed E-state index contributed by atoms with van der Waals surface area (Å²) in [4.78, 5) is 11.4. The minimum Gasteiger partial charge on any atom is -0.493 e. The Bertz CT molecular complexity index is 2070. The number of aromatic nitrogens is 2. The van der Waals surface area contributed by atoms with E-state index in [-0.39, 0.29) is 32.5 Å². The summed E-state index contributed by atoms with van der Waals surface area (Å²) in [5.41, 5.74) is 13.7. The Balaban J connectivity index is 0.000000147. The van der Waals surface area contributed by atoms with Gasteiger partial charge in [0.15, 0.2) is 0 Å². The molecule has 232 valence electrons. The van der Waals surface area contributed by atoms with Crippen molar-refractivity contribution in [2.75, 3.05) is 21.7 Å². The molecule has 0 saturated carbocycles. The number of hydrogen-bond acceptors (Lipinski definition) is 4. The Morgan fingerprint density at radius 1 is 0.745 bits per heavy atom. The quantitative estimate of drug-likeness (QED) is 0.131. The van der Waals surface area contributed by atoms with Gasteiger partial charge in [0.2, 0.25) is 0 Å². The van der Waals surface area contributed by atoms with E-state index in [2.05, 4.69) is 169 Å². The van der Waals surface area contributed by atoms with Gasteiger partial charge >= 0.3 is 27.1 Å². The predicted molar refractivity (Wildman–Crippen MR) is 190 cm³/mol. The standard InChI is InChI=1S/C22H18N2.C18H17BN3.Ir/c1-22(2)17-11-6-7-13-19(17)24-15-23(16-9-4-3-5-10-16)20-14-8-12-18(22)21(20)24;1-13-7-6-8-14(2)17(13)19-21(3)16-10-5-4-9-15(16)18-20-11-12-22(18)19;/h3-12,14-15H,1-2H3;4-8,10-12H,1-3H3;/q-2;-1;+3. The fourth-order valence-corrected chi connectivity index (χ4v) is 7.45. The van der Waals surface area contributed by atoms with E-state index in [1.54, 1.807) is 0 Å². The molecular formula is C40H35BIrN5. The fourth-order valence-electron chi connectivity index (χ4n) is 7.45. The molecular weight excluding hydrogens is 754 g/mol. The van der Waals surface area contributed by atoms with E-state index in [1.165, 1.54) is 50.5 Å². The first kappa shape index (κ1) is 31.0. The number of aryl methyl sites for hydroxylation is 2. The molecule has 9 rings (SSSR count). The van der Waals surface area contributed by atoms with E-state index in [0.717, 1.165) is 17.1 Å². The van der Waals surface area contributed by atoms with Crippen LogP contribution in [0.15, 0.2) is 116 Å². The van der Waals surface area contributed by atoms with Crippen LogP contribution in [0.4, 0.5) is 28.4 Å². The monoisotopic (exact) mass is 789 g/mol. The average Bonchev–Trinajstić information content (AvgIpc) is 3.72. The Morgan fingerprint density at radius 3 is 2.21 bits per heavy atom. The number of benzene rings is 5. The second-order valence-corrected chi connectivity index (χ2v) is 12.8. The topological polar surface area (TPSA) is 27.5 Å². The third-order valence-electron chi connectivity index (χ3n) is 9.74. The summed E-state index contributed by atoms with van der Waals surface area (Å²) >= 11 is 0. The minimum absolute atomic E-state index is 0. The normalized spacial score (nSPS) is 14.7. The van der Waals surface area contributed by atoms with Gasteiger partial charge in [0.25, 0.3) is 0 Å². The van der Waals surface area contributed by atoms with Crippen LogP contribution in [0.2, 0.25) is 0 Å². The van der Waals surface area contributed by atoms with Crippen LogP contribution in [0.5, 0.6) is 0 Å². The van der Waals surface area contributed by atoms with E-state index in [0.29, 0.717) is 0 Å². The largest absolute Gasteiger partial charge is 3.00 e. The molecule has 0 N–H and O–H groups in total. The zero-order valence-corrected chi connectivity index (χ0v) is 29.6. The van der Waals surface area contributed by atoms with E-state index >= 15 is 0 Å². The first-order chi connectivity index (χ1) is 22.4. The summed E-state index contributed by atoms with van der Waals surface area (Å²) in [7, 11) is 2.14. The van der Waals surface area contributed by atoms with Crippen molar-refractivity contribution < 1.29 is 20.1 Å². The minimum atomic E-state index is -0.0323. The number of fused-ring (bicyclic) bond motifs is 5. The summed E-state index contributed by atoms with van der Waals surface area (Å²) in [5.74, 6) is 0.987. The van der Waals surface area contributed by atoms with Gasteiger partial charge in [0, 0.05) is 35.3 Å². The molecule has 4 heterocycles. The molecule has 1 aromatic heterocycles. The first-order valence-corrected chi connectivity index (χ1v) is 15.8. The molecule has 6 aromatic rings. The van der Waals surface area contributed by atoms with Crippen LogP contribution in [0, 0.1) is 32.6 Å². The first-order valence-electron chi connectivity index (χ1n) is 15.8. The van der Waals surface area contributed by atoms with Crippen molar-refractivity contribution in [1.29, 1.82) is 0 Å². The summed E-state index contributed by atoms with van der Waals surface area (Å²) in [6, 6.07) is 42.9. The molecule has 0 amide bonds. The Hall–Kier alpha value is -4.58. The Kier molecular flexibility index (Phi) is 7.86. The maximum Gasteiger partial charge on any atom is 3.00 e. The number of nitrogens with zero attached hydrogens (tertiary/aromatic N) is 5. The summed E-state index contributed by atoms with van der Waals surface area (Å²) in [6.45, 7) is 11.3. The molecule has 0 atom stereocenters. The molecule has 5 aromatic carbocycles. The SMILES string of the molecule is CC1(C)c2ccc[c-]c2N2[CH-]N(c3ccccc3)c3cccc1c32.Cc1cccc(C)c1B1N(C)c2ccc[c-]c2-c2nccn21.[Ir+3]. The zero-order chi connectivity index (χ0) is 31.6. The number of para-hydroxylation sites is 3. The van der Waals surface area contributed by atoms with Crippen LogP contribution in [-0.4, -0.2) is 23.5 Å². The van der Waals surface area contributed by atoms with Crippen molar-refractivity contribution >= 4 is 40.9 Å². The molecule has 0 aliphatic carbocycles. The summed E-state index contributed by atoms with van der Waals surface area (Å²) in [5, 5.41) is 0. The number of imidazole rings is 1. The van der Waals surface area contributed by atoms with E-state index in [9.17, 15) is 0 Å². The Labute approximate surface area is 292 Å². The Morgan fingerprint density at radius 2 is 1.43 bits per heavy atom. The zero-order valence-electron chi connectivity index (χ0n) is 27.2. The fraction of sp³-hybridized carbons (Fsp3) is 0.150. The molecule has 5 nitrogen and oxygen atoms in total. The number of hydrogen-bond donors (Lipinski definition) is 0. The third-order valence-corrected chi connectivity index (χ3v) is 9.74. The average molecular weight is 789 g/mol. The predicted octanol–water partition coefficient (Wildman–Crippen LogP) is 8.19. The van der Waals surface area contributed by atoms with Crippen molar-refractivity contribution in [3.8, 4) is 11.4 Å². The van der Waals surface area contributed by atoms with Gasteiger partial charge in [-0.3, -0.25) is 4.98 Å². The van der Waals surface area contributed by atoms with Crippen molar-refractivity contribution in [3.05, 3.63) is 157 Å². The van der Waals surface area contributed by atoms with Gasteiger partial charge in [0.1, 0.15) is 0 Å². The molecule has 3 aliphatic heterocycles. The van der Waals surface area contributed by atoms with Crippen LogP contribution < -0.4 is 20.1 Å². The molecule has 0 saturated heterocycles. The van der Waals surface area contributed by atoms with Crippen LogP contribution >= 0.6 is 0 Å². The molecule has 0 bridgehead atoms. The van der Waals surface area contributed by atoms with E-state index in [4.69, 9.17) is 0 Å². The van der Waals surface area contributed by atoms with Crippen molar-refractivity contribution in [2.45, 2.75) is 33.1 Å². The van der Waals surface area contributed by atoms with Crippen LogP contribution in [0.3, 0.4) is 0 Å². The maximum atomic E-state index is 4.57. The van der Waals surface area contributed by atoms with Crippen LogP contribution in [0.25, 0.3) is 11.4 Å². The molecule has 0 radical (unpaired) electrons. The van der Waals surface area contributed by atoms with Gasteiger partial charge in [-0.15, -0.1) is 42.2 Å².